The van der Waals surface area contributed by atoms with Crippen molar-refractivity contribution in [1.82, 2.24) is 5.32 Å². The Kier molecular flexibility index (Phi) is 5.83. The highest BCUT2D eigenvalue weighted by atomic mass is 35.5. The van der Waals surface area contributed by atoms with Crippen LogP contribution in [-0.4, -0.2) is 25.7 Å². The van der Waals surface area contributed by atoms with E-state index in [4.69, 9.17) is 22.1 Å². The van der Waals surface area contributed by atoms with Crippen molar-refractivity contribution < 1.29 is 9.53 Å². The van der Waals surface area contributed by atoms with Gasteiger partial charge < -0.3 is 15.8 Å². The molecule has 110 valence electrons. The second-order valence-corrected chi connectivity index (χ2v) is 5.63. The van der Waals surface area contributed by atoms with Gasteiger partial charge in [0.15, 0.2) is 0 Å². The molecule has 1 aromatic rings. The summed E-state index contributed by atoms with van der Waals surface area (Å²) < 4.78 is 5.56. The Hall–Kier alpha value is -1.10. The van der Waals surface area contributed by atoms with Gasteiger partial charge in [0.25, 0.3) is 0 Å². The molecule has 1 saturated carbocycles. The molecule has 20 heavy (non-hydrogen) atoms. The molecule has 0 radical (unpaired) electrons. The highest BCUT2D eigenvalue weighted by Crippen LogP contribution is 2.28. The lowest BCUT2D eigenvalue weighted by molar-refractivity contribution is 0.1000. The number of hydrogen-bond donors (Lipinski definition) is 2. The second kappa shape index (κ2) is 7.62. The number of nitrogens with one attached hydrogen (secondary N) is 1. The molecule has 3 N–H and O–H groups in total. The fourth-order valence-corrected chi connectivity index (χ4v) is 2.15. The number of primary amides is 1. The summed E-state index contributed by atoms with van der Waals surface area (Å²) in [5, 5.41) is 3.88. The monoisotopic (exact) mass is 296 g/mol. The first kappa shape index (κ1) is 15.3. The molecule has 0 heterocycles. The molecule has 0 spiro atoms. The highest BCUT2D eigenvalue weighted by Gasteiger charge is 2.20. The van der Waals surface area contributed by atoms with E-state index in [1.807, 2.05) is 6.07 Å². The van der Waals surface area contributed by atoms with E-state index in [1.54, 1.807) is 12.1 Å². The Labute approximate surface area is 124 Å². The quantitative estimate of drug-likeness (QED) is 0.688. The number of nitrogens with two attached hydrogens (primary N) is 1. The molecule has 0 aliphatic heterocycles. The summed E-state index contributed by atoms with van der Waals surface area (Å²) in [6.07, 6.45) is 3.65. The third-order valence-electron chi connectivity index (χ3n) is 3.35. The maximum Gasteiger partial charge on any atom is 0.248 e. The maximum atomic E-state index is 11.0. The molecule has 0 atom stereocenters. The molecule has 1 fully saturated rings. The van der Waals surface area contributed by atoms with Gasteiger partial charge in [-0.3, -0.25) is 4.79 Å². The van der Waals surface area contributed by atoms with Gasteiger partial charge in [0.05, 0.1) is 0 Å². The summed E-state index contributed by atoms with van der Waals surface area (Å²) in [7, 11) is 0. The van der Waals surface area contributed by atoms with Crippen molar-refractivity contribution in [2.24, 2.45) is 11.7 Å². The van der Waals surface area contributed by atoms with Gasteiger partial charge in [0, 0.05) is 30.3 Å². The predicted molar refractivity (Wildman–Crippen MR) is 79.8 cm³/mol. The number of rotatable bonds is 9. The molecule has 5 heteroatoms. The fourth-order valence-electron chi connectivity index (χ4n) is 1.90. The third-order valence-corrected chi connectivity index (χ3v) is 3.70. The zero-order valence-electron chi connectivity index (χ0n) is 11.5. The van der Waals surface area contributed by atoms with E-state index in [-0.39, 0.29) is 0 Å². The van der Waals surface area contributed by atoms with E-state index in [9.17, 15) is 4.79 Å². The zero-order valence-corrected chi connectivity index (χ0v) is 12.3. The molecular weight excluding hydrogens is 276 g/mol. The van der Waals surface area contributed by atoms with Gasteiger partial charge >= 0.3 is 0 Å². The number of carbonyl (C=O) groups excluding carboxylic acids is 1. The van der Waals surface area contributed by atoms with Crippen LogP contribution in [0.1, 0.15) is 35.2 Å². The van der Waals surface area contributed by atoms with Crippen LogP contribution in [0.25, 0.3) is 0 Å². The maximum absolute atomic E-state index is 11.0. The lowest BCUT2D eigenvalue weighted by atomic mass is 10.1. The van der Waals surface area contributed by atoms with Gasteiger partial charge in [0.2, 0.25) is 5.91 Å². The van der Waals surface area contributed by atoms with Gasteiger partial charge in [0.1, 0.15) is 0 Å². The second-order valence-electron chi connectivity index (χ2n) is 5.22. The van der Waals surface area contributed by atoms with Gasteiger partial charge in [-0.1, -0.05) is 17.7 Å². The van der Waals surface area contributed by atoms with Crippen LogP contribution >= 0.6 is 11.6 Å². The minimum atomic E-state index is -0.459. The molecule has 1 amide bonds. The largest absolute Gasteiger partial charge is 0.381 e. The number of carbonyl (C=O) groups is 1. The van der Waals surface area contributed by atoms with E-state index in [0.29, 0.717) is 17.1 Å². The average Bonchev–Trinajstić information content (AvgIpc) is 3.23. The lowest BCUT2D eigenvalue weighted by Gasteiger charge is -2.08. The third kappa shape index (κ3) is 5.12. The van der Waals surface area contributed by atoms with E-state index >= 15 is 0 Å². The van der Waals surface area contributed by atoms with E-state index in [0.717, 1.165) is 37.7 Å². The normalized spacial score (nSPS) is 14.4. The Morgan fingerprint density at radius 3 is 2.90 bits per heavy atom. The molecule has 1 aliphatic carbocycles. The SMILES string of the molecule is NC(=O)c1ccc(CNCCCOCC2CC2)c(Cl)c1. The van der Waals surface area contributed by atoms with Gasteiger partial charge in [-0.25, -0.2) is 0 Å². The van der Waals surface area contributed by atoms with Crippen molar-refractivity contribution in [2.75, 3.05) is 19.8 Å². The number of benzene rings is 1. The highest BCUT2D eigenvalue weighted by molar-refractivity contribution is 6.31. The Morgan fingerprint density at radius 2 is 2.25 bits per heavy atom. The molecular formula is C15H21ClN2O2. The number of hydrogen-bond acceptors (Lipinski definition) is 3. The summed E-state index contributed by atoms with van der Waals surface area (Å²) in [4.78, 5) is 11.0. The van der Waals surface area contributed by atoms with Crippen LogP contribution in [-0.2, 0) is 11.3 Å². The predicted octanol–water partition coefficient (Wildman–Crippen LogP) is 2.35. The summed E-state index contributed by atoms with van der Waals surface area (Å²) in [5.41, 5.74) is 6.60. The number of amides is 1. The number of halogens is 1. The standard InChI is InChI=1S/C15H21ClN2O2/c16-14-8-12(15(17)19)4-5-13(14)9-18-6-1-7-20-10-11-2-3-11/h4-5,8,11,18H,1-3,6-7,9-10H2,(H2,17,19). The lowest BCUT2D eigenvalue weighted by Crippen LogP contribution is -2.17. The van der Waals surface area contributed by atoms with Crippen molar-refractivity contribution in [3.63, 3.8) is 0 Å². The van der Waals surface area contributed by atoms with Gasteiger partial charge in [-0.15, -0.1) is 0 Å². The Bertz CT molecular complexity index is 461. The Balaban J connectivity index is 1.61. The van der Waals surface area contributed by atoms with E-state index < -0.39 is 5.91 Å². The molecule has 0 aromatic heterocycles. The summed E-state index contributed by atoms with van der Waals surface area (Å²) in [6, 6.07) is 5.14. The molecule has 1 aliphatic rings. The van der Waals surface area contributed by atoms with Crippen LogP contribution in [0.15, 0.2) is 18.2 Å². The van der Waals surface area contributed by atoms with Crippen molar-refractivity contribution in [3.8, 4) is 0 Å². The summed E-state index contributed by atoms with van der Waals surface area (Å²) >= 11 is 6.11. The summed E-state index contributed by atoms with van der Waals surface area (Å²) in [5.74, 6) is 0.366. The molecule has 0 bridgehead atoms. The fraction of sp³-hybridized carbons (Fsp3) is 0.533. The summed E-state index contributed by atoms with van der Waals surface area (Å²) in [6.45, 7) is 3.29. The molecule has 4 nitrogen and oxygen atoms in total. The average molecular weight is 297 g/mol. The van der Waals surface area contributed by atoms with Crippen LogP contribution < -0.4 is 11.1 Å². The van der Waals surface area contributed by atoms with Crippen LogP contribution in [0, 0.1) is 5.92 Å². The molecule has 1 aromatic carbocycles. The van der Waals surface area contributed by atoms with Crippen LogP contribution in [0.5, 0.6) is 0 Å². The first-order chi connectivity index (χ1) is 9.66. The smallest absolute Gasteiger partial charge is 0.248 e. The number of ether oxygens (including phenoxy) is 1. The van der Waals surface area contributed by atoms with E-state index in [1.165, 1.54) is 12.8 Å². The minimum Gasteiger partial charge on any atom is -0.381 e. The Morgan fingerprint density at radius 1 is 1.45 bits per heavy atom. The minimum absolute atomic E-state index is 0.437. The van der Waals surface area contributed by atoms with Crippen molar-refractivity contribution in [3.05, 3.63) is 34.3 Å². The van der Waals surface area contributed by atoms with E-state index in [2.05, 4.69) is 5.32 Å². The van der Waals surface area contributed by atoms with Crippen LogP contribution in [0.3, 0.4) is 0 Å². The van der Waals surface area contributed by atoms with Crippen molar-refractivity contribution in [2.45, 2.75) is 25.8 Å². The van der Waals surface area contributed by atoms with Gasteiger partial charge in [-0.05, 0) is 49.4 Å². The first-order valence-electron chi connectivity index (χ1n) is 7.03. The van der Waals surface area contributed by atoms with Gasteiger partial charge in [-0.2, -0.15) is 0 Å². The molecule has 2 rings (SSSR count). The van der Waals surface area contributed by atoms with Crippen LogP contribution in [0.4, 0.5) is 0 Å². The van der Waals surface area contributed by atoms with Crippen molar-refractivity contribution >= 4 is 17.5 Å². The zero-order chi connectivity index (χ0) is 14.4. The van der Waals surface area contributed by atoms with Crippen molar-refractivity contribution in [1.29, 1.82) is 0 Å². The molecule has 0 saturated heterocycles. The first-order valence-corrected chi connectivity index (χ1v) is 7.41. The molecule has 0 unspecified atom stereocenters. The topological polar surface area (TPSA) is 64.4 Å². The van der Waals surface area contributed by atoms with Crippen LogP contribution in [0.2, 0.25) is 5.02 Å².